The first-order valence-electron chi connectivity index (χ1n) is 7.40. The number of carbonyl (C=O) groups is 2. The van der Waals surface area contributed by atoms with Crippen LogP contribution in [0.1, 0.15) is 44.9 Å². The van der Waals surface area contributed by atoms with Crippen molar-refractivity contribution in [1.29, 1.82) is 0 Å². The zero-order valence-corrected chi connectivity index (χ0v) is 11.3. The van der Waals surface area contributed by atoms with Crippen LogP contribution in [0.4, 0.5) is 0 Å². The molecule has 4 saturated carbocycles. The van der Waals surface area contributed by atoms with Gasteiger partial charge in [-0.3, -0.25) is 20.4 Å². The first kappa shape index (κ1) is 12.9. The minimum Gasteiger partial charge on any atom is -0.330 e. The summed E-state index contributed by atoms with van der Waals surface area (Å²) in [6.45, 7) is 0.305. The molecule has 4 fully saturated rings. The molecule has 0 aromatic rings. The fourth-order valence-corrected chi connectivity index (χ4v) is 4.84. The third-order valence-electron chi connectivity index (χ3n) is 5.21. The van der Waals surface area contributed by atoms with Crippen molar-refractivity contribution in [3.8, 4) is 0 Å². The topological polar surface area (TPSA) is 84.2 Å². The average Bonchev–Trinajstić information content (AvgIpc) is 2.34. The molecule has 106 valence electrons. The van der Waals surface area contributed by atoms with Crippen molar-refractivity contribution in [2.75, 3.05) is 6.54 Å². The Hall–Kier alpha value is -1.10. The summed E-state index contributed by atoms with van der Waals surface area (Å²) in [5, 5.41) is 0. The molecule has 4 aliphatic rings. The maximum atomic E-state index is 12.4. The van der Waals surface area contributed by atoms with Gasteiger partial charge in [-0.2, -0.15) is 0 Å². The SMILES string of the molecule is NCCC(=O)NNC(=O)C12CC3CC(CC(C3)C1)C2. The second-order valence-corrected chi connectivity index (χ2v) is 6.74. The zero-order chi connectivity index (χ0) is 13.5. The summed E-state index contributed by atoms with van der Waals surface area (Å²) in [4.78, 5) is 23.8. The average molecular weight is 265 g/mol. The lowest BCUT2D eigenvalue weighted by molar-refractivity contribution is -0.148. The first-order valence-corrected chi connectivity index (χ1v) is 7.40. The van der Waals surface area contributed by atoms with Gasteiger partial charge in [-0.1, -0.05) is 0 Å². The Morgan fingerprint density at radius 1 is 1.00 bits per heavy atom. The lowest BCUT2D eigenvalue weighted by atomic mass is 9.49. The predicted molar refractivity (Wildman–Crippen MR) is 70.6 cm³/mol. The van der Waals surface area contributed by atoms with Gasteiger partial charge >= 0.3 is 0 Å². The Bertz CT molecular complexity index is 359. The summed E-state index contributed by atoms with van der Waals surface area (Å²) in [5.74, 6) is 2.02. The third kappa shape index (κ3) is 2.36. The molecule has 0 saturated heterocycles. The molecule has 2 amide bonds. The van der Waals surface area contributed by atoms with Crippen LogP contribution in [-0.2, 0) is 9.59 Å². The van der Waals surface area contributed by atoms with Crippen LogP contribution in [0.5, 0.6) is 0 Å². The van der Waals surface area contributed by atoms with E-state index in [4.69, 9.17) is 5.73 Å². The van der Waals surface area contributed by atoms with Gasteiger partial charge in [0.1, 0.15) is 0 Å². The standard InChI is InChI=1S/C14H23N3O2/c15-2-1-12(18)16-17-13(19)14-6-9-3-10(7-14)5-11(4-9)8-14/h9-11H,1-8,15H2,(H,16,18)(H,17,19). The van der Waals surface area contributed by atoms with E-state index in [2.05, 4.69) is 10.9 Å². The minimum atomic E-state index is -0.208. The van der Waals surface area contributed by atoms with Crippen molar-refractivity contribution in [3.63, 3.8) is 0 Å². The van der Waals surface area contributed by atoms with Crippen LogP contribution in [0.15, 0.2) is 0 Å². The molecule has 4 N–H and O–H groups in total. The van der Waals surface area contributed by atoms with E-state index in [0.29, 0.717) is 6.54 Å². The second-order valence-electron chi connectivity index (χ2n) is 6.74. The number of nitrogens with one attached hydrogen (secondary N) is 2. The Labute approximate surface area is 113 Å². The largest absolute Gasteiger partial charge is 0.330 e. The molecule has 19 heavy (non-hydrogen) atoms. The number of hydrogen-bond donors (Lipinski definition) is 3. The smallest absolute Gasteiger partial charge is 0.244 e. The summed E-state index contributed by atoms with van der Waals surface area (Å²) >= 11 is 0. The highest BCUT2D eigenvalue weighted by molar-refractivity contribution is 5.86. The van der Waals surface area contributed by atoms with Crippen LogP contribution in [-0.4, -0.2) is 18.4 Å². The molecule has 5 nitrogen and oxygen atoms in total. The highest BCUT2D eigenvalue weighted by Crippen LogP contribution is 2.59. The van der Waals surface area contributed by atoms with Crippen molar-refractivity contribution in [1.82, 2.24) is 10.9 Å². The van der Waals surface area contributed by atoms with Gasteiger partial charge in [0.2, 0.25) is 11.8 Å². The fraction of sp³-hybridized carbons (Fsp3) is 0.857. The lowest BCUT2D eigenvalue weighted by Gasteiger charge is -2.55. The van der Waals surface area contributed by atoms with E-state index in [1.165, 1.54) is 19.3 Å². The molecular formula is C14H23N3O2. The molecule has 0 aliphatic heterocycles. The first-order chi connectivity index (χ1) is 9.11. The molecule has 0 atom stereocenters. The molecule has 4 bridgehead atoms. The molecule has 0 radical (unpaired) electrons. The van der Waals surface area contributed by atoms with Crippen LogP contribution in [0.25, 0.3) is 0 Å². The van der Waals surface area contributed by atoms with E-state index in [9.17, 15) is 9.59 Å². The van der Waals surface area contributed by atoms with Crippen molar-refractivity contribution in [2.24, 2.45) is 28.9 Å². The quantitative estimate of drug-likeness (QED) is 0.657. The van der Waals surface area contributed by atoms with Crippen LogP contribution in [0, 0.1) is 23.2 Å². The summed E-state index contributed by atoms with van der Waals surface area (Å²) < 4.78 is 0. The minimum absolute atomic E-state index is 0.0250. The van der Waals surface area contributed by atoms with Gasteiger partial charge in [0, 0.05) is 13.0 Å². The van der Waals surface area contributed by atoms with Gasteiger partial charge in [0.25, 0.3) is 0 Å². The molecule has 5 heteroatoms. The number of hydrazine groups is 1. The van der Waals surface area contributed by atoms with Gasteiger partial charge in [-0.25, -0.2) is 0 Å². The highest BCUT2D eigenvalue weighted by atomic mass is 16.2. The van der Waals surface area contributed by atoms with Gasteiger partial charge < -0.3 is 5.73 Å². The lowest BCUT2D eigenvalue weighted by Crippen LogP contribution is -2.56. The van der Waals surface area contributed by atoms with Gasteiger partial charge in [-0.15, -0.1) is 0 Å². The maximum Gasteiger partial charge on any atom is 0.244 e. The van der Waals surface area contributed by atoms with Crippen LogP contribution in [0.2, 0.25) is 0 Å². The highest BCUT2D eigenvalue weighted by Gasteiger charge is 2.54. The number of amides is 2. The molecule has 4 rings (SSSR count). The third-order valence-corrected chi connectivity index (χ3v) is 5.21. The Morgan fingerprint density at radius 3 is 2.00 bits per heavy atom. The van der Waals surface area contributed by atoms with Crippen LogP contribution in [0.3, 0.4) is 0 Å². The fourth-order valence-electron chi connectivity index (χ4n) is 4.84. The number of carbonyl (C=O) groups excluding carboxylic acids is 2. The van der Waals surface area contributed by atoms with Gasteiger partial charge in [0.15, 0.2) is 0 Å². The van der Waals surface area contributed by atoms with E-state index < -0.39 is 0 Å². The molecule has 0 aromatic heterocycles. The molecule has 4 aliphatic carbocycles. The van der Waals surface area contributed by atoms with Gasteiger partial charge in [0.05, 0.1) is 5.41 Å². The molecule has 0 aromatic carbocycles. The monoisotopic (exact) mass is 265 g/mol. The van der Waals surface area contributed by atoms with Crippen molar-refractivity contribution >= 4 is 11.8 Å². The van der Waals surface area contributed by atoms with E-state index in [-0.39, 0.29) is 23.7 Å². The molecule has 0 unspecified atom stereocenters. The number of rotatable bonds is 3. The van der Waals surface area contributed by atoms with Gasteiger partial charge in [-0.05, 0) is 56.3 Å². The normalized spacial score (nSPS) is 39.1. The van der Waals surface area contributed by atoms with Crippen molar-refractivity contribution in [3.05, 3.63) is 0 Å². The second kappa shape index (κ2) is 4.78. The maximum absolute atomic E-state index is 12.4. The van der Waals surface area contributed by atoms with Crippen LogP contribution < -0.4 is 16.6 Å². The van der Waals surface area contributed by atoms with Crippen molar-refractivity contribution < 1.29 is 9.59 Å². The van der Waals surface area contributed by atoms with E-state index >= 15 is 0 Å². The van der Waals surface area contributed by atoms with Crippen LogP contribution >= 0.6 is 0 Å². The Kier molecular flexibility index (Phi) is 3.25. The van der Waals surface area contributed by atoms with E-state index in [1.54, 1.807) is 0 Å². The molecule has 0 heterocycles. The molecule has 0 spiro atoms. The summed E-state index contributed by atoms with van der Waals surface area (Å²) in [6, 6.07) is 0. The van der Waals surface area contributed by atoms with E-state index in [1.807, 2.05) is 0 Å². The summed E-state index contributed by atoms with van der Waals surface area (Å²) in [6.07, 6.45) is 7.22. The summed E-state index contributed by atoms with van der Waals surface area (Å²) in [7, 11) is 0. The number of nitrogens with two attached hydrogens (primary N) is 1. The van der Waals surface area contributed by atoms with E-state index in [0.717, 1.165) is 37.0 Å². The number of hydrogen-bond acceptors (Lipinski definition) is 3. The Morgan fingerprint density at radius 2 is 1.53 bits per heavy atom. The Balaban J connectivity index is 1.61. The van der Waals surface area contributed by atoms with Crippen molar-refractivity contribution in [2.45, 2.75) is 44.9 Å². The molecular weight excluding hydrogens is 242 g/mol. The summed E-state index contributed by atoms with van der Waals surface area (Å²) in [5.41, 5.74) is 10.2. The zero-order valence-electron chi connectivity index (χ0n) is 11.3. The predicted octanol–water partition coefficient (Wildman–Crippen LogP) is 0.699.